The Labute approximate surface area is 259 Å². The highest BCUT2D eigenvalue weighted by Crippen LogP contribution is 2.50. The number of aromatic nitrogens is 4. The zero-order chi connectivity index (χ0) is 31.3. The molecule has 2 aromatic carbocycles. The summed E-state index contributed by atoms with van der Waals surface area (Å²) in [5.41, 5.74) is 7.41. The number of para-hydroxylation sites is 1. The fourth-order valence-corrected chi connectivity index (χ4v) is 6.74. The van der Waals surface area contributed by atoms with Gasteiger partial charge in [0.25, 0.3) is 0 Å². The van der Waals surface area contributed by atoms with Crippen LogP contribution in [-0.4, -0.2) is 55.5 Å². The Morgan fingerprint density at radius 2 is 1.89 bits per heavy atom. The van der Waals surface area contributed by atoms with Crippen molar-refractivity contribution in [2.24, 2.45) is 5.92 Å². The van der Waals surface area contributed by atoms with Gasteiger partial charge in [-0.1, -0.05) is 62.4 Å². The predicted octanol–water partition coefficient (Wildman–Crippen LogP) is 4.66. The number of benzene rings is 2. The van der Waals surface area contributed by atoms with Gasteiger partial charge in [-0.05, 0) is 41.6 Å². The summed E-state index contributed by atoms with van der Waals surface area (Å²) < 4.78 is 39.8. The third-order valence-electron chi connectivity index (χ3n) is 6.86. The number of nitrogens with zero attached hydrogens (tertiary/aromatic N) is 4. The van der Waals surface area contributed by atoms with Crippen molar-refractivity contribution in [1.82, 2.24) is 24.6 Å². The molecule has 4 aromatic rings. The summed E-state index contributed by atoms with van der Waals surface area (Å²) in [6.07, 6.45) is -0.702. The molecule has 1 unspecified atom stereocenters. The highest BCUT2D eigenvalue weighted by Gasteiger charge is 2.44. The fraction of sp³-hybridized carbons (Fsp3) is 0.379. The normalized spacial score (nSPS) is 20.4. The molecule has 13 nitrogen and oxygen atoms in total. The average molecular weight is 645 g/mol. The van der Waals surface area contributed by atoms with Crippen LogP contribution in [0.25, 0.3) is 11.2 Å². The Balaban J connectivity index is 1.39. The number of nitrogens with one attached hydrogen (secondary N) is 1. The van der Waals surface area contributed by atoms with Crippen molar-refractivity contribution < 1.29 is 33.0 Å². The standard InChI is InChI=1S/C29H34ClN6O7P/c1-18(2)13-21(28(38)40-16-19-9-5-3-6-10-19)35-44(39,42-20-11-7-4-8-12-20)43-22-14-24(41-23(22)15-37)36-17-32-25-26(31)33-29(30)34-27(25)36/h3-12,17-18,21-24,37H,13-16H2,1-2H3,(H,35,39)(H2,31,33,34)/t21-,22+,23+,24+,44?/m0/s1. The number of carbonyl (C=O) groups is 1. The number of aliphatic hydroxyl groups is 1. The number of carbonyl (C=O) groups excluding carboxylic acids is 1. The van der Waals surface area contributed by atoms with Crippen LogP contribution in [0, 0.1) is 5.92 Å². The van der Waals surface area contributed by atoms with Crippen LogP contribution in [0.5, 0.6) is 5.75 Å². The molecule has 3 heterocycles. The second-order valence-electron chi connectivity index (χ2n) is 10.7. The highest BCUT2D eigenvalue weighted by molar-refractivity contribution is 7.52. The van der Waals surface area contributed by atoms with E-state index < -0.39 is 44.8 Å². The molecule has 2 aromatic heterocycles. The number of nitrogens with two attached hydrogens (primary N) is 1. The molecule has 5 rings (SSSR count). The van der Waals surface area contributed by atoms with E-state index in [9.17, 15) is 14.5 Å². The van der Waals surface area contributed by atoms with Crippen molar-refractivity contribution in [1.29, 1.82) is 0 Å². The van der Waals surface area contributed by atoms with Crippen molar-refractivity contribution in [2.45, 2.75) is 57.8 Å². The van der Waals surface area contributed by atoms with Crippen molar-refractivity contribution in [2.75, 3.05) is 12.3 Å². The number of aliphatic hydroxyl groups excluding tert-OH is 1. The van der Waals surface area contributed by atoms with E-state index in [1.165, 1.54) is 6.33 Å². The van der Waals surface area contributed by atoms with E-state index in [2.05, 4.69) is 20.0 Å². The summed E-state index contributed by atoms with van der Waals surface area (Å²) in [7, 11) is -4.30. The monoisotopic (exact) mass is 644 g/mol. The second kappa shape index (κ2) is 14.0. The van der Waals surface area contributed by atoms with Gasteiger partial charge in [-0.25, -0.2) is 9.55 Å². The molecule has 234 valence electrons. The topological polar surface area (TPSA) is 173 Å². The maximum atomic E-state index is 14.5. The molecule has 1 aliphatic rings. The summed E-state index contributed by atoms with van der Waals surface area (Å²) in [5.74, 6) is -0.227. The zero-order valence-electron chi connectivity index (χ0n) is 24.2. The Kier molecular flexibility index (Phi) is 10.1. The number of halogens is 1. The van der Waals surface area contributed by atoms with Crippen LogP contribution in [-0.2, 0) is 30.0 Å². The first-order valence-electron chi connectivity index (χ1n) is 14.1. The lowest BCUT2D eigenvalue weighted by molar-refractivity contribution is -0.147. The lowest BCUT2D eigenvalue weighted by atomic mass is 10.1. The van der Waals surface area contributed by atoms with E-state index in [1.807, 2.05) is 44.2 Å². The first kappa shape index (κ1) is 31.8. The molecule has 0 bridgehead atoms. The van der Waals surface area contributed by atoms with Crippen LogP contribution < -0.4 is 15.3 Å². The highest BCUT2D eigenvalue weighted by atomic mass is 35.5. The summed E-state index contributed by atoms with van der Waals surface area (Å²) in [5, 5.41) is 13.0. The quantitative estimate of drug-likeness (QED) is 0.104. The predicted molar refractivity (Wildman–Crippen MR) is 163 cm³/mol. The third-order valence-corrected chi connectivity index (χ3v) is 8.66. The number of rotatable bonds is 13. The molecule has 0 spiro atoms. The van der Waals surface area contributed by atoms with Gasteiger partial charge in [-0.2, -0.15) is 15.1 Å². The smallest absolute Gasteiger partial charge is 0.459 e. The summed E-state index contributed by atoms with van der Waals surface area (Å²) >= 11 is 6.03. The number of ether oxygens (including phenoxy) is 2. The van der Waals surface area contributed by atoms with Crippen LogP contribution >= 0.6 is 19.3 Å². The van der Waals surface area contributed by atoms with Gasteiger partial charge in [0.15, 0.2) is 11.5 Å². The number of hydrogen-bond acceptors (Lipinski definition) is 11. The molecule has 0 radical (unpaired) electrons. The number of hydrogen-bond donors (Lipinski definition) is 3. The summed E-state index contributed by atoms with van der Waals surface area (Å²) in [6, 6.07) is 16.7. The Morgan fingerprint density at radius 1 is 1.18 bits per heavy atom. The van der Waals surface area contributed by atoms with E-state index >= 15 is 0 Å². The molecular weight excluding hydrogens is 611 g/mol. The van der Waals surface area contributed by atoms with Crippen LogP contribution in [0.15, 0.2) is 67.0 Å². The minimum atomic E-state index is -4.30. The van der Waals surface area contributed by atoms with E-state index in [-0.39, 0.29) is 42.2 Å². The fourth-order valence-electron chi connectivity index (χ4n) is 4.84. The average Bonchev–Trinajstić information content (AvgIpc) is 3.60. The number of nitrogen functional groups attached to an aromatic ring is 1. The van der Waals surface area contributed by atoms with Gasteiger partial charge in [-0.3, -0.25) is 13.9 Å². The van der Waals surface area contributed by atoms with Gasteiger partial charge in [0.2, 0.25) is 5.28 Å². The van der Waals surface area contributed by atoms with Crippen LogP contribution in [0.3, 0.4) is 0 Å². The Morgan fingerprint density at radius 3 is 2.57 bits per heavy atom. The molecule has 0 amide bonds. The minimum absolute atomic E-state index is 0.0297. The van der Waals surface area contributed by atoms with Gasteiger partial charge < -0.3 is 24.8 Å². The van der Waals surface area contributed by atoms with Crippen molar-refractivity contribution >= 4 is 42.3 Å². The summed E-state index contributed by atoms with van der Waals surface area (Å²) in [4.78, 5) is 25.7. The summed E-state index contributed by atoms with van der Waals surface area (Å²) in [6.45, 7) is 3.45. The number of imidazole rings is 1. The van der Waals surface area contributed by atoms with E-state index in [0.29, 0.717) is 11.2 Å². The van der Waals surface area contributed by atoms with E-state index in [1.54, 1.807) is 34.9 Å². The van der Waals surface area contributed by atoms with Crippen LogP contribution in [0.1, 0.15) is 38.5 Å². The van der Waals surface area contributed by atoms with Crippen molar-refractivity contribution in [3.63, 3.8) is 0 Å². The maximum absolute atomic E-state index is 14.5. The Hall–Kier alpha value is -3.58. The van der Waals surface area contributed by atoms with Gasteiger partial charge >= 0.3 is 13.7 Å². The van der Waals surface area contributed by atoms with E-state index in [4.69, 9.17) is 35.9 Å². The first-order chi connectivity index (χ1) is 21.1. The number of fused-ring (bicyclic) bond motifs is 1. The largest absolute Gasteiger partial charge is 0.460 e. The number of anilines is 1. The molecule has 5 atom stereocenters. The van der Waals surface area contributed by atoms with Crippen molar-refractivity contribution in [3.8, 4) is 5.75 Å². The number of esters is 1. The molecule has 15 heteroatoms. The lowest BCUT2D eigenvalue weighted by Gasteiger charge is -2.28. The minimum Gasteiger partial charge on any atom is -0.460 e. The van der Waals surface area contributed by atoms with Crippen molar-refractivity contribution in [3.05, 3.63) is 77.8 Å². The molecule has 0 saturated carbocycles. The van der Waals surface area contributed by atoms with E-state index in [0.717, 1.165) is 5.56 Å². The first-order valence-corrected chi connectivity index (χ1v) is 16.0. The van der Waals surface area contributed by atoms with Gasteiger partial charge in [0, 0.05) is 6.42 Å². The van der Waals surface area contributed by atoms with Gasteiger partial charge in [0.05, 0.1) is 12.9 Å². The maximum Gasteiger partial charge on any atom is 0.459 e. The zero-order valence-corrected chi connectivity index (χ0v) is 25.8. The molecule has 0 aliphatic carbocycles. The molecule has 1 fully saturated rings. The molecular formula is C29H34ClN6O7P. The third kappa shape index (κ3) is 7.73. The van der Waals surface area contributed by atoms with Gasteiger partial charge in [-0.15, -0.1) is 0 Å². The molecule has 1 aliphatic heterocycles. The van der Waals surface area contributed by atoms with Gasteiger partial charge in [0.1, 0.15) is 42.4 Å². The molecule has 44 heavy (non-hydrogen) atoms. The van der Waals surface area contributed by atoms with Crippen LogP contribution in [0.2, 0.25) is 5.28 Å². The second-order valence-corrected chi connectivity index (χ2v) is 12.7. The SMILES string of the molecule is CC(C)C[C@H](NP(=O)(Oc1ccccc1)O[C@@H]1C[C@H](n2cnc3c(N)nc(Cl)nc32)O[C@@H]1CO)C(=O)OCc1ccccc1. The molecule has 1 saturated heterocycles. The molecule has 4 N–H and O–H groups in total. The Bertz CT molecular complexity index is 1610. The van der Waals surface area contributed by atoms with Crippen LogP contribution in [0.4, 0.5) is 5.82 Å². The lowest BCUT2D eigenvalue weighted by Crippen LogP contribution is -2.40.